The van der Waals surface area contributed by atoms with Crippen LogP contribution < -0.4 is 5.73 Å². The first-order valence-corrected chi connectivity index (χ1v) is 6.58. The van der Waals surface area contributed by atoms with Gasteiger partial charge in [-0.05, 0) is 5.56 Å². The third-order valence-electron chi connectivity index (χ3n) is 3.23. The van der Waals surface area contributed by atoms with Crippen LogP contribution in [0.25, 0.3) is 0 Å². The van der Waals surface area contributed by atoms with Crippen LogP contribution in [0.2, 0.25) is 0 Å². The number of rotatable bonds is 5. The van der Waals surface area contributed by atoms with Gasteiger partial charge in [-0.3, -0.25) is 9.48 Å². The van der Waals surface area contributed by atoms with Crippen molar-refractivity contribution in [2.45, 2.75) is 19.0 Å². The molecule has 0 aliphatic heterocycles. The first-order valence-electron chi connectivity index (χ1n) is 6.58. The maximum Gasteiger partial charge on any atom is 0.224 e. The minimum absolute atomic E-state index is 0.0326. The Morgan fingerprint density at radius 1 is 1.40 bits per heavy atom. The second-order valence-electron chi connectivity index (χ2n) is 4.99. The van der Waals surface area contributed by atoms with Crippen LogP contribution in [-0.2, 0) is 18.4 Å². The summed E-state index contributed by atoms with van der Waals surface area (Å²) in [7, 11) is 3.64. The lowest BCUT2D eigenvalue weighted by Crippen LogP contribution is -2.29. The van der Waals surface area contributed by atoms with Crippen molar-refractivity contribution in [3.63, 3.8) is 0 Å². The summed E-state index contributed by atoms with van der Waals surface area (Å²) in [5, 5.41) is 4.09. The number of benzene rings is 1. The van der Waals surface area contributed by atoms with Gasteiger partial charge in [-0.25, -0.2) is 0 Å². The molecule has 1 heterocycles. The molecule has 0 bridgehead atoms. The molecule has 1 atom stereocenters. The van der Waals surface area contributed by atoms with E-state index in [1.54, 1.807) is 22.8 Å². The molecule has 0 fully saturated rings. The predicted octanol–water partition coefficient (Wildman–Crippen LogP) is 1.47. The van der Waals surface area contributed by atoms with Crippen LogP contribution in [0.5, 0.6) is 0 Å². The first-order chi connectivity index (χ1) is 9.56. The number of hydrogen-bond donors (Lipinski definition) is 1. The lowest BCUT2D eigenvalue weighted by atomic mass is 10.0. The maximum absolute atomic E-state index is 12.2. The molecule has 20 heavy (non-hydrogen) atoms. The fourth-order valence-electron chi connectivity index (χ4n) is 2.08. The summed E-state index contributed by atoms with van der Waals surface area (Å²) in [5.41, 5.74) is 8.06. The van der Waals surface area contributed by atoms with Gasteiger partial charge < -0.3 is 10.6 Å². The molecule has 1 aromatic carbocycles. The molecule has 1 unspecified atom stereocenters. The molecule has 0 saturated heterocycles. The molecule has 5 nitrogen and oxygen atoms in total. The number of hydrogen-bond acceptors (Lipinski definition) is 3. The van der Waals surface area contributed by atoms with Crippen molar-refractivity contribution in [2.75, 3.05) is 7.05 Å². The van der Waals surface area contributed by atoms with E-state index in [0.29, 0.717) is 13.0 Å². The van der Waals surface area contributed by atoms with Gasteiger partial charge in [-0.15, -0.1) is 0 Å². The average Bonchev–Trinajstić information content (AvgIpc) is 2.85. The number of carbonyl (C=O) groups is 1. The van der Waals surface area contributed by atoms with Gasteiger partial charge in [-0.2, -0.15) is 5.10 Å². The zero-order valence-electron chi connectivity index (χ0n) is 11.9. The van der Waals surface area contributed by atoms with Gasteiger partial charge in [0.1, 0.15) is 0 Å². The standard InChI is InChI=1S/C15H20N4O/c1-18(10-12-9-17-19(2)11-12)15(20)8-14(16)13-6-4-3-5-7-13/h3-7,9,11,14H,8,10,16H2,1-2H3. The van der Waals surface area contributed by atoms with Gasteiger partial charge in [0.2, 0.25) is 5.91 Å². The quantitative estimate of drug-likeness (QED) is 0.896. The maximum atomic E-state index is 12.2. The summed E-state index contributed by atoms with van der Waals surface area (Å²) in [6.45, 7) is 0.550. The zero-order valence-corrected chi connectivity index (χ0v) is 11.9. The van der Waals surface area contributed by atoms with Gasteiger partial charge in [0.25, 0.3) is 0 Å². The Kier molecular flexibility index (Phi) is 4.53. The van der Waals surface area contributed by atoms with Crippen molar-refractivity contribution in [1.82, 2.24) is 14.7 Å². The number of nitrogens with two attached hydrogens (primary N) is 1. The molecule has 106 valence electrons. The summed E-state index contributed by atoms with van der Waals surface area (Å²) >= 11 is 0. The van der Waals surface area contributed by atoms with Crippen molar-refractivity contribution < 1.29 is 4.79 Å². The molecule has 2 rings (SSSR count). The van der Waals surface area contributed by atoms with E-state index in [4.69, 9.17) is 5.73 Å². The molecule has 0 radical (unpaired) electrons. The number of aryl methyl sites for hydroxylation is 1. The largest absolute Gasteiger partial charge is 0.341 e. The molecule has 1 aromatic heterocycles. The van der Waals surface area contributed by atoms with Gasteiger partial charge in [0.15, 0.2) is 0 Å². The molecule has 2 aromatic rings. The van der Waals surface area contributed by atoms with Crippen LogP contribution in [0, 0.1) is 0 Å². The predicted molar refractivity (Wildman–Crippen MR) is 77.7 cm³/mol. The summed E-state index contributed by atoms with van der Waals surface area (Å²) < 4.78 is 1.73. The lowest BCUT2D eigenvalue weighted by molar-refractivity contribution is -0.130. The van der Waals surface area contributed by atoms with Crippen LogP contribution in [-0.4, -0.2) is 27.6 Å². The van der Waals surface area contributed by atoms with Crippen molar-refractivity contribution in [3.8, 4) is 0 Å². The van der Waals surface area contributed by atoms with Crippen LogP contribution >= 0.6 is 0 Å². The Balaban J connectivity index is 1.91. The van der Waals surface area contributed by atoms with E-state index in [9.17, 15) is 4.79 Å². The van der Waals surface area contributed by atoms with E-state index in [1.165, 1.54) is 0 Å². The van der Waals surface area contributed by atoms with E-state index in [1.807, 2.05) is 43.6 Å². The molecular formula is C15H20N4O. The third kappa shape index (κ3) is 3.68. The fourth-order valence-corrected chi connectivity index (χ4v) is 2.08. The highest BCUT2D eigenvalue weighted by molar-refractivity contribution is 5.76. The normalized spacial score (nSPS) is 12.2. The van der Waals surface area contributed by atoms with E-state index >= 15 is 0 Å². The van der Waals surface area contributed by atoms with E-state index in [-0.39, 0.29) is 11.9 Å². The van der Waals surface area contributed by atoms with Gasteiger partial charge >= 0.3 is 0 Å². The average molecular weight is 272 g/mol. The van der Waals surface area contributed by atoms with Gasteiger partial charge in [0.05, 0.1) is 6.20 Å². The van der Waals surface area contributed by atoms with Crippen molar-refractivity contribution >= 4 is 5.91 Å². The lowest BCUT2D eigenvalue weighted by Gasteiger charge is -2.19. The molecule has 0 spiro atoms. The Hall–Kier alpha value is -2.14. The molecule has 0 saturated carbocycles. The van der Waals surface area contributed by atoms with Gasteiger partial charge in [-0.1, -0.05) is 30.3 Å². The second kappa shape index (κ2) is 6.34. The third-order valence-corrected chi connectivity index (χ3v) is 3.23. The summed E-state index contributed by atoms with van der Waals surface area (Å²) in [5.74, 6) is 0.0326. The highest BCUT2D eigenvalue weighted by Gasteiger charge is 2.15. The number of amides is 1. The van der Waals surface area contributed by atoms with Crippen LogP contribution in [0.15, 0.2) is 42.7 Å². The number of nitrogens with zero attached hydrogens (tertiary/aromatic N) is 3. The highest BCUT2D eigenvalue weighted by atomic mass is 16.2. The Morgan fingerprint density at radius 3 is 2.70 bits per heavy atom. The Morgan fingerprint density at radius 2 is 2.10 bits per heavy atom. The minimum Gasteiger partial charge on any atom is -0.341 e. The van der Waals surface area contributed by atoms with Crippen molar-refractivity contribution in [1.29, 1.82) is 0 Å². The molecule has 0 aliphatic rings. The highest BCUT2D eigenvalue weighted by Crippen LogP contribution is 2.15. The SMILES string of the molecule is CN(Cc1cnn(C)c1)C(=O)CC(N)c1ccccc1. The van der Waals surface area contributed by atoms with Crippen LogP contribution in [0.3, 0.4) is 0 Å². The monoisotopic (exact) mass is 272 g/mol. The first kappa shape index (κ1) is 14.3. The summed E-state index contributed by atoms with van der Waals surface area (Å²) in [4.78, 5) is 13.8. The fraction of sp³-hybridized carbons (Fsp3) is 0.333. The van der Waals surface area contributed by atoms with Gasteiger partial charge in [0, 0.05) is 44.9 Å². The topological polar surface area (TPSA) is 64.2 Å². The zero-order chi connectivity index (χ0) is 14.5. The molecule has 5 heteroatoms. The van der Waals surface area contributed by atoms with Crippen LogP contribution in [0.4, 0.5) is 0 Å². The molecule has 1 amide bonds. The minimum atomic E-state index is -0.264. The van der Waals surface area contributed by atoms with Crippen molar-refractivity contribution in [2.24, 2.45) is 12.8 Å². The van der Waals surface area contributed by atoms with Crippen LogP contribution in [0.1, 0.15) is 23.6 Å². The molecule has 2 N–H and O–H groups in total. The molecular weight excluding hydrogens is 252 g/mol. The van der Waals surface area contributed by atoms with E-state index in [2.05, 4.69) is 5.10 Å². The Labute approximate surface area is 119 Å². The Bertz CT molecular complexity index is 564. The summed E-state index contributed by atoms with van der Waals surface area (Å²) in [6, 6.07) is 9.42. The number of carbonyl (C=O) groups excluding carboxylic acids is 1. The van der Waals surface area contributed by atoms with E-state index < -0.39 is 0 Å². The smallest absolute Gasteiger partial charge is 0.224 e. The second-order valence-corrected chi connectivity index (χ2v) is 4.99. The summed E-state index contributed by atoms with van der Waals surface area (Å²) in [6.07, 6.45) is 3.97. The van der Waals surface area contributed by atoms with Crippen molar-refractivity contribution in [3.05, 3.63) is 53.9 Å². The molecule has 0 aliphatic carbocycles. The van der Waals surface area contributed by atoms with E-state index in [0.717, 1.165) is 11.1 Å². The number of aromatic nitrogens is 2.